The first-order chi connectivity index (χ1) is 9.93. The van der Waals surface area contributed by atoms with Gasteiger partial charge in [-0.15, -0.1) is 14.1 Å². The Kier molecular flexibility index (Phi) is 2.15. The van der Waals surface area contributed by atoms with Crippen molar-refractivity contribution in [3.05, 3.63) is 46.0 Å². The van der Waals surface area contributed by atoms with Crippen LogP contribution >= 0.6 is 0 Å². The smallest absolute Gasteiger partial charge is 0.146 e. The lowest BCUT2D eigenvalue weighted by Gasteiger charge is -2.09. The van der Waals surface area contributed by atoms with Gasteiger partial charge >= 0.3 is 0 Å². The summed E-state index contributed by atoms with van der Waals surface area (Å²) in [6.07, 6.45) is 0. The Morgan fingerprint density at radius 1 is 0.762 bits per heavy atom. The maximum atomic E-state index is 10.5. The lowest BCUT2D eigenvalue weighted by Crippen LogP contribution is -1.95. The van der Waals surface area contributed by atoms with E-state index in [2.05, 4.69) is 55.2 Å². The second-order valence-corrected chi connectivity index (χ2v) is 6.08. The zero-order chi connectivity index (χ0) is 15.0. The molecule has 0 radical (unpaired) electrons. The SMILES string of the molecule is Cc1cc(-n2n3c4c(C)ccc(C)c4n23)c(O)c(C)c1C. The highest BCUT2D eigenvalue weighted by atomic mass is 16.3. The summed E-state index contributed by atoms with van der Waals surface area (Å²) in [5.41, 5.74) is 9.16. The third-order valence-electron chi connectivity index (χ3n) is 4.78. The molecule has 0 atom stereocenters. The Labute approximate surface area is 123 Å². The molecular formula is C17H19N3O. The van der Waals surface area contributed by atoms with Crippen LogP contribution in [0.2, 0.25) is 0 Å². The van der Waals surface area contributed by atoms with Gasteiger partial charge in [-0.3, -0.25) is 0 Å². The Balaban J connectivity index is 2.03. The number of aromatic nitrogens is 3. The fourth-order valence-electron chi connectivity index (χ4n) is 3.15. The summed E-state index contributed by atoms with van der Waals surface area (Å²) in [6, 6.07) is 6.35. The molecule has 0 unspecified atom stereocenters. The van der Waals surface area contributed by atoms with Gasteiger partial charge in [0.05, 0.1) is 0 Å². The molecule has 0 amide bonds. The van der Waals surface area contributed by atoms with E-state index in [1.807, 2.05) is 11.7 Å². The monoisotopic (exact) mass is 281 g/mol. The topological polar surface area (TPSA) is 34.0 Å². The Morgan fingerprint density at radius 3 is 1.81 bits per heavy atom. The molecule has 0 bridgehead atoms. The highest BCUT2D eigenvalue weighted by Gasteiger charge is 2.28. The number of phenolic OH excluding ortho intramolecular Hbond substituents is 1. The lowest BCUT2D eigenvalue weighted by molar-refractivity contribution is 0.467. The average Bonchev–Trinajstić information content (AvgIpc) is 3.05. The number of phenols is 1. The molecule has 0 aliphatic carbocycles. The summed E-state index contributed by atoms with van der Waals surface area (Å²) in [5, 5.41) is 10.5. The summed E-state index contributed by atoms with van der Waals surface area (Å²) in [7, 11) is 0. The third-order valence-corrected chi connectivity index (χ3v) is 4.78. The molecule has 1 N–H and O–H groups in total. The van der Waals surface area contributed by atoms with Crippen LogP contribution in [0.1, 0.15) is 27.8 Å². The molecule has 0 saturated carbocycles. The van der Waals surface area contributed by atoms with Gasteiger partial charge < -0.3 is 5.11 Å². The van der Waals surface area contributed by atoms with Crippen LogP contribution in [-0.4, -0.2) is 19.2 Å². The zero-order valence-corrected chi connectivity index (χ0v) is 13.0. The molecule has 2 heterocycles. The maximum Gasteiger partial charge on any atom is 0.146 e. The molecular weight excluding hydrogens is 262 g/mol. The van der Waals surface area contributed by atoms with Gasteiger partial charge in [-0.25, -0.2) is 0 Å². The summed E-state index contributed by atoms with van der Waals surface area (Å²) in [6.45, 7) is 10.4. The van der Waals surface area contributed by atoms with Crippen molar-refractivity contribution < 1.29 is 5.11 Å². The van der Waals surface area contributed by atoms with Crippen molar-refractivity contribution in [3.63, 3.8) is 0 Å². The van der Waals surface area contributed by atoms with Crippen LogP contribution in [0.15, 0.2) is 18.2 Å². The van der Waals surface area contributed by atoms with Crippen molar-refractivity contribution in [3.8, 4) is 11.4 Å². The highest BCUT2D eigenvalue weighted by molar-refractivity contribution is 5.86. The van der Waals surface area contributed by atoms with Crippen molar-refractivity contribution in [1.82, 2.24) is 14.1 Å². The first-order valence-corrected chi connectivity index (χ1v) is 7.23. The van der Waals surface area contributed by atoms with Crippen LogP contribution in [0.4, 0.5) is 0 Å². The van der Waals surface area contributed by atoms with E-state index in [9.17, 15) is 5.11 Å². The van der Waals surface area contributed by atoms with E-state index in [4.69, 9.17) is 0 Å². The van der Waals surface area contributed by atoms with Gasteiger partial charge in [-0.1, -0.05) is 12.1 Å². The van der Waals surface area contributed by atoms with Crippen molar-refractivity contribution in [1.29, 1.82) is 0 Å². The number of aromatic hydroxyl groups is 1. The van der Waals surface area contributed by atoms with Crippen LogP contribution in [-0.2, 0) is 0 Å². The normalized spacial score (nSPS) is 12.2. The van der Waals surface area contributed by atoms with E-state index in [-0.39, 0.29) is 0 Å². The molecule has 21 heavy (non-hydrogen) atoms. The number of nitrogens with zero attached hydrogens (tertiary/aromatic N) is 3. The molecule has 0 aliphatic heterocycles. The Hall–Kier alpha value is -2.36. The van der Waals surface area contributed by atoms with Crippen LogP contribution in [0.3, 0.4) is 0 Å². The van der Waals surface area contributed by atoms with E-state index in [1.165, 1.54) is 27.7 Å². The second-order valence-electron chi connectivity index (χ2n) is 6.08. The molecule has 0 aliphatic rings. The Morgan fingerprint density at radius 2 is 1.29 bits per heavy atom. The number of fused-ring (bicyclic) bond motifs is 4. The Bertz CT molecular complexity index is 949. The first kappa shape index (κ1) is 12.4. The number of aryl methyl sites for hydroxylation is 3. The third kappa shape index (κ3) is 1.35. The van der Waals surface area contributed by atoms with Crippen molar-refractivity contribution in [2.75, 3.05) is 0 Å². The summed E-state index contributed by atoms with van der Waals surface area (Å²) >= 11 is 0. The fraction of sp³-hybridized carbons (Fsp3) is 0.294. The minimum Gasteiger partial charge on any atom is -0.505 e. The molecule has 4 aromatic rings. The highest BCUT2D eigenvalue weighted by Crippen LogP contribution is 2.36. The molecule has 4 nitrogen and oxygen atoms in total. The van der Waals surface area contributed by atoms with Crippen molar-refractivity contribution in [2.45, 2.75) is 34.6 Å². The largest absolute Gasteiger partial charge is 0.505 e. The van der Waals surface area contributed by atoms with Gasteiger partial charge in [0, 0.05) is 0 Å². The molecule has 4 rings (SSSR count). The summed E-state index contributed by atoms with van der Waals surface area (Å²) in [5.74, 6) is 0.369. The summed E-state index contributed by atoms with van der Waals surface area (Å²) in [4.78, 5) is 2.04. The predicted octanol–water partition coefficient (Wildman–Crippen LogP) is 3.67. The van der Waals surface area contributed by atoms with E-state index >= 15 is 0 Å². The molecule has 2 aromatic heterocycles. The molecule has 2 aromatic carbocycles. The van der Waals surface area contributed by atoms with E-state index in [0.717, 1.165) is 16.8 Å². The van der Waals surface area contributed by atoms with E-state index < -0.39 is 0 Å². The number of hydrogen-bond donors (Lipinski definition) is 1. The molecule has 0 fully saturated rings. The molecule has 0 saturated heterocycles. The maximum absolute atomic E-state index is 10.5. The first-order valence-electron chi connectivity index (χ1n) is 7.23. The van der Waals surface area contributed by atoms with Crippen molar-refractivity contribution in [2.24, 2.45) is 0 Å². The fourth-order valence-corrected chi connectivity index (χ4v) is 3.15. The van der Waals surface area contributed by atoms with E-state index in [0.29, 0.717) is 5.75 Å². The molecule has 4 heteroatoms. The zero-order valence-electron chi connectivity index (χ0n) is 13.0. The van der Waals surface area contributed by atoms with Gasteiger partial charge in [-0.2, -0.15) is 0 Å². The van der Waals surface area contributed by atoms with Gasteiger partial charge in [0.2, 0.25) is 0 Å². The minimum absolute atomic E-state index is 0.369. The molecule has 108 valence electrons. The summed E-state index contributed by atoms with van der Waals surface area (Å²) < 4.78 is 4.22. The number of benzene rings is 2. The number of rotatable bonds is 1. The van der Waals surface area contributed by atoms with Gasteiger partial charge in [-0.05, 0) is 68.5 Å². The van der Waals surface area contributed by atoms with Gasteiger partial charge in [0.25, 0.3) is 0 Å². The lowest BCUT2D eigenvalue weighted by atomic mass is 10.0. The standard InChI is InChI=1S/C17H19N3O/c1-9-6-7-10(2)16-15(9)19-18(20(16)19)14-8-11(3)12(4)13(5)17(14)21/h6-8,21H,1-5H3. The minimum atomic E-state index is 0.369. The van der Waals surface area contributed by atoms with Gasteiger partial charge in [0.1, 0.15) is 22.5 Å². The van der Waals surface area contributed by atoms with E-state index in [1.54, 1.807) is 0 Å². The van der Waals surface area contributed by atoms with Crippen LogP contribution in [0.25, 0.3) is 16.7 Å². The van der Waals surface area contributed by atoms with Crippen LogP contribution < -0.4 is 0 Å². The average molecular weight is 281 g/mol. The number of hydrogen-bond acceptors (Lipinski definition) is 1. The van der Waals surface area contributed by atoms with Crippen LogP contribution in [0, 0.1) is 34.6 Å². The second kappa shape index (κ2) is 3.64. The predicted molar refractivity (Wildman–Crippen MR) is 84.2 cm³/mol. The molecule has 0 spiro atoms. The van der Waals surface area contributed by atoms with Crippen LogP contribution in [0.5, 0.6) is 5.75 Å². The van der Waals surface area contributed by atoms with Crippen molar-refractivity contribution >= 4 is 11.0 Å². The quantitative estimate of drug-likeness (QED) is 0.567. The van der Waals surface area contributed by atoms with Gasteiger partial charge in [0.15, 0.2) is 0 Å².